The Morgan fingerprint density at radius 2 is 2.30 bits per heavy atom. The van der Waals surface area contributed by atoms with Gasteiger partial charge >= 0.3 is 0 Å². The third-order valence-electron chi connectivity index (χ3n) is 4.01. The van der Waals surface area contributed by atoms with Gasteiger partial charge in [0.1, 0.15) is 5.69 Å². The van der Waals surface area contributed by atoms with Crippen molar-refractivity contribution < 1.29 is 9.69 Å². The predicted octanol–water partition coefficient (Wildman–Crippen LogP) is 2.12. The molecule has 0 saturated carbocycles. The van der Waals surface area contributed by atoms with Gasteiger partial charge in [-0.1, -0.05) is 0 Å². The Bertz CT molecular complexity index is 442. The Morgan fingerprint density at radius 3 is 2.95 bits per heavy atom. The second-order valence-corrected chi connectivity index (χ2v) is 7.16. The van der Waals surface area contributed by atoms with E-state index in [0.29, 0.717) is 5.69 Å². The van der Waals surface area contributed by atoms with Crippen LogP contribution in [0.3, 0.4) is 0 Å². The molecule has 112 valence electrons. The molecule has 2 heterocycles. The first-order valence-electron chi connectivity index (χ1n) is 7.24. The third-order valence-corrected chi connectivity index (χ3v) is 5.79. The van der Waals surface area contributed by atoms with Crippen LogP contribution in [0, 0.1) is 0 Å². The number of hydrogen-bond acceptors (Lipinski definition) is 1. The molecule has 1 fully saturated rings. The molecule has 1 aromatic rings. The van der Waals surface area contributed by atoms with Gasteiger partial charge in [0.05, 0.1) is 28.2 Å². The van der Waals surface area contributed by atoms with Crippen LogP contribution in [-0.2, 0) is 0 Å². The number of carbonyl (C=O) groups is 1. The van der Waals surface area contributed by atoms with Gasteiger partial charge in [-0.15, -0.1) is 0 Å². The van der Waals surface area contributed by atoms with Crippen molar-refractivity contribution in [1.29, 1.82) is 0 Å². The van der Waals surface area contributed by atoms with Crippen molar-refractivity contribution in [3.8, 4) is 0 Å². The zero-order chi connectivity index (χ0) is 14.5. The van der Waals surface area contributed by atoms with Gasteiger partial charge in [-0.2, -0.15) is 0 Å². The number of nitrogens with one attached hydrogen (secondary N) is 3. The summed E-state index contributed by atoms with van der Waals surface area (Å²) in [5.74, 6) is -0.0434. The molecule has 2 rings (SSSR count). The van der Waals surface area contributed by atoms with E-state index < -0.39 is 0 Å². The van der Waals surface area contributed by atoms with Crippen molar-refractivity contribution in [3.63, 3.8) is 0 Å². The molecule has 1 aliphatic heterocycles. The van der Waals surface area contributed by atoms with Crippen LogP contribution in [0.5, 0.6) is 0 Å². The van der Waals surface area contributed by atoms with Crippen LogP contribution in [0.25, 0.3) is 0 Å². The monoisotopic (exact) mass is 406 g/mol. The Labute approximate surface area is 136 Å². The molecular formula is C14H22Br2N3O+. The van der Waals surface area contributed by atoms with Gasteiger partial charge in [0.2, 0.25) is 0 Å². The fourth-order valence-electron chi connectivity index (χ4n) is 2.76. The van der Waals surface area contributed by atoms with Crippen LogP contribution in [0.2, 0.25) is 0 Å². The molecule has 6 heteroatoms. The van der Waals surface area contributed by atoms with Crippen LogP contribution in [0.1, 0.15) is 43.1 Å². The predicted molar refractivity (Wildman–Crippen MR) is 87.2 cm³/mol. The maximum absolute atomic E-state index is 11.9. The summed E-state index contributed by atoms with van der Waals surface area (Å²) in [5.41, 5.74) is 0.586. The SMILES string of the molecule is C[C@@H]1CCCC[NH+]1CCCNC(=O)c1cc(Br)c(Br)[nH]1. The molecule has 4 nitrogen and oxygen atoms in total. The highest BCUT2D eigenvalue weighted by Crippen LogP contribution is 2.22. The number of piperidine rings is 1. The van der Waals surface area contributed by atoms with Crippen molar-refractivity contribution >= 4 is 37.8 Å². The number of likely N-dealkylation sites (tertiary alicyclic amines) is 1. The lowest BCUT2D eigenvalue weighted by Crippen LogP contribution is -3.16. The summed E-state index contributed by atoms with van der Waals surface area (Å²) < 4.78 is 1.67. The summed E-state index contributed by atoms with van der Waals surface area (Å²) >= 11 is 6.70. The zero-order valence-electron chi connectivity index (χ0n) is 11.8. The number of halogens is 2. The second kappa shape index (κ2) is 7.61. The Balaban J connectivity index is 1.69. The molecule has 0 radical (unpaired) electrons. The topological polar surface area (TPSA) is 49.3 Å². The number of aromatic amines is 1. The van der Waals surface area contributed by atoms with Crippen molar-refractivity contribution in [1.82, 2.24) is 10.3 Å². The third kappa shape index (κ3) is 4.33. The lowest BCUT2D eigenvalue weighted by Gasteiger charge is -2.30. The van der Waals surface area contributed by atoms with Crippen LogP contribution < -0.4 is 10.2 Å². The number of hydrogen-bond donors (Lipinski definition) is 3. The Hall–Kier alpha value is -0.330. The molecule has 0 spiro atoms. The van der Waals surface area contributed by atoms with Gasteiger partial charge in [-0.25, -0.2) is 0 Å². The fourth-order valence-corrected chi connectivity index (χ4v) is 3.42. The molecule has 1 unspecified atom stereocenters. The average Bonchev–Trinajstić information content (AvgIpc) is 2.76. The zero-order valence-corrected chi connectivity index (χ0v) is 14.9. The van der Waals surface area contributed by atoms with Crippen molar-refractivity contribution in [2.75, 3.05) is 19.6 Å². The Kier molecular flexibility index (Phi) is 6.11. The van der Waals surface area contributed by atoms with E-state index in [2.05, 4.69) is 49.1 Å². The molecule has 1 aromatic heterocycles. The minimum atomic E-state index is -0.0434. The molecule has 3 N–H and O–H groups in total. The summed E-state index contributed by atoms with van der Waals surface area (Å²) in [7, 11) is 0. The van der Waals surface area contributed by atoms with Gasteiger partial charge < -0.3 is 15.2 Å². The standard InChI is InChI=1S/C14H21Br2N3O/c1-10-5-2-3-7-19(10)8-4-6-17-14(20)12-9-11(15)13(16)18-12/h9-10,18H,2-8H2,1H3,(H,17,20)/p+1/t10-/m1/s1. The molecule has 1 saturated heterocycles. The molecule has 0 aliphatic carbocycles. The summed E-state index contributed by atoms with van der Waals surface area (Å²) in [6.45, 7) is 5.51. The number of amides is 1. The Morgan fingerprint density at radius 1 is 1.50 bits per heavy atom. The average molecular weight is 408 g/mol. The molecule has 0 aromatic carbocycles. The highest BCUT2D eigenvalue weighted by atomic mass is 79.9. The first-order chi connectivity index (χ1) is 9.58. The van der Waals surface area contributed by atoms with E-state index in [9.17, 15) is 4.79 Å². The van der Waals surface area contributed by atoms with Crippen LogP contribution >= 0.6 is 31.9 Å². The van der Waals surface area contributed by atoms with E-state index in [1.807, 2.05) is 0 Å². The second-order valence-electron chi connectivity index (χ2n) is 5.51. The van der Waals surface area contributed by atoms with Gasteiger partial charge in [0, 0.05) is 13.0 Å². The van der Waals surface area contributed by atoms with E-state index in [4.69, 9.17) is 0 Å². The minimum absolute atomic E-state index is 0.0434. The van der Waals surface area contributed by atoms with Crippen molar-refractivity contribution in [2.24, 2.45) is 0 Å². The molecule has 2 atom stereocenters. The first-order valence-corrected chi connectivity index (χ1v) is 8.83. The molecule has 20 heavy (non-hydrogen) atoms. The van der Waals surface area contributed by atoms with E-state index in [1.165, 1.54) is 25.8 Å². The number of H-pyrrole nitrogens is 1. The maximum Gasteiger partial charge on any atom is 0.267 e. The maximum atomic E-state index is 11.9. The summed E-state index contributed by atoms with van der Waals surface area (Å²) in [4.78, 5) is 16.6. The minimum Gasteiger partial charge on any atom is -0.351 e. The van der Waals surface area contributed by atoms with Gasteiger partial charge in [-0.3, -0.25) is 4.79 Å². The first kappa shape index (κ1) is 16.0. The largest absolute Gasteiger partial charge is 0.351 e. The summed E-state index contributed by atoms with van der Waals surface area (Å²) in [6.07, 6.45) is 5.09. The highest BCUT2D eigenvalue weighted by Gasteiger charge is 2.21. The van der Waals surface area contributed by atoms with Gasteiger partial charge in [0.25, 0.3) is 5.91 Å². The van der Waals surface area contributed by atoms with E-state index >= 15 is 0 Å². The number of aromatic nitrogens is 1. The molecule has 1 aliphatic rings. The molecule has 0 bridgehead atoms. The smallest absolute Gasteiger partial charge is 0.267 e. The highest BCUT2D eigenvalue weighted by molar-refractivity contribution is 9.13. The fraction of sp³-hybridized carbons (Fsp3) is 0.643. The van der Waals surface area contributed by atoms with E-state index in [1.54, 1.807) is 11.0 Å². The van der Waals surface area contributed by atoms with Gasteiger partial charge in [0.15, 0.2) is 0 Å². The van der Waals surface area contributed by atoms with Crippen molar-refractivity contribution in [2.45, 2.75) is 38.6 Å². The quantitative estimate of drug-likeness (QED) is 0.643. The number of rotatable bonds is 5. The van der Waals surface area contributed by atoms with Gasteiger partial charge in [-0.05, 0) is 64.1 Å². The normalized spacial score (nSPS) is 22.8. The molecule has 1 amide bonds. The van der Waals surface area contributed by atoms with E-state index in [-0.39, 0.29) is 5.91 Å². The summed E-state index contributed by atoms with van der Waals surface area (Å²) in [5, 5.41) is 2.97. The van der Waals surface area contributed by atoms with Crippen LogP contribution in [0.4, 0.5) is 0 Å². The lowest BCUT2D eigenvalue weighted by atomic mass is 10.0. The van der Waals surface area contributed by atoms with E-state index in [0.717, 1.165) is 34.6 Å². The number of carbonyl (C=O) groups excluding carboxylic acids is 1. The van der Waals surface area contributed by atoms with Crippen LogP contribution in [-0.4, -0.2) is 36.6 Å². The van der Waals surface area contributed by atoms with Crippen LogP contribution in [0.15, 0.2) is 15.1 Å². The number of quaternary nitrogens is 1. The lowest BCUT2D eigenvalue weighted by molar-refractivity contribution is -0.928. The van der Waals surface area contributed by atoms with Crippen molar-refractivity contribution in [3.05, 3.63) is 20.8 Å². The molecular weight excluding hydrogens is 386 g/mol. The summed E-state index contributed by atoms with van der Waals surface area (Å²) in [6, 6.07) is 2.56.